The van der Waals surface area contributed by atoms with Crippen molar-refractivity contribution in [2.24, 2.45) is 11.8 Å². The van der Waals surface area contributed by atoms with E-state index in [1.807, 2.05) is 13.8 Å². The third-order valence-electron chi connectivity index (χ3n) is 3.78. The Balaban J connectivity index is 3.25. The Hall–Kier alpha value is -2.08. The van der Waals surface area contributed by atoms with Gasteiger partial charge >= 0.3 is 0 Å². The van der Waals surface area contributed by atoms with Gasteiger partial charge in [0.1, 0.15) is 18.4 Å². The predicted molar refractivity (Wildman–Crippen MR) is 103 cm³/mol. The molecule has 1 atom stereocenters. The number of sulfonamides is 1. The lowest BCUT2D eigenvalue weighted by Crippen LogP contribution is -2.52. The lowest BCUT2D eigenvalue weighted by molar-refractivity contribution is -0.134. The largest absolute Gasteiger partial charge is 0.481 e. The van der Waals surface area contributed by atoms with Gasteiger partial charge in [0, 0.05) is 6.54 Å². The summed E-state index contributed by atoms with van der Waals surface area (Å²) in [5, 5.41) is 9.06. The molecule has 0 saturated heterocycles. The summed E-state index contributed by atoms with van der Waals surface area (Å²) in [4.78, 5) is 12.2. The molecular weight excluding hydrogens is 368 g/mol. The van der Waals surface area contributed by atoms with Gasteiger partial charge in [-0.2, -0.15) is 4.31 Å². The van der Waals surface area contributed by atoms with Crippen molar-refractivity contribution < 1.29 is 23.2 Å². The quantitative estimate of drug-likeness (QED) is 0.379. The second kappa shape index (κ2) is 10.3. The molecule has 0 spiro atoms. The van der Waals surface area contributed by atoms with E-state index in [-0.39, 0.29) is 29.9 Å². The molecule has 7 nitrogen and oxygen atoms in total. The molecule has 1 amide bonds. The maximum atomic E-state index is 13.2. The molecule has 0 fully saturated rings. The van der Waals surface area contributed by atoms with E-state index < -0.39 is 22.0 Å². The molecule has 8 heteroatoms. The fourth-order valence-electron chi connectivity index (χ4n) is 2.59. The first-order valence-electron chi connectivity index (χ1n) is 8.73. The number of carbonyl (C=O) groups excluding carboxylic acids is 1. The lowest BCUT2D eigenvalue weighted by atomic mass is 10.0. The summed E-state index contributed by atoms with van der Waals surface area (Å²) in [7, 11) is -3.96. The summed E-state index contributed by atoms with van der Waals surface area (Å²) < 4.78 is 33.0. The van der Waals surface area contributed by atoms with Gasteiger partial charge in [0.25, 0.3) is 5.91 Å². The van der Waals surface area contributed by atoms with E-state index in [4.69, 9.17) is 9.94 Å². The SMILES string of the molecule is CC#CCOc1ccc(S(=O)(=O)N(CC(C)C)C(C(=O)NO)C(C)C)cc1. The van der Waals surface area contributed by atoms with Crippen LogP contribution in [-0.4, -0.2) is 43.0 Å². The molecule has 2 N–H and O–H groups in total. The van der Waals surface area contributed by atoms with Crippen LogP contribution in [0.1, 0.15) is 34.6 Å². The molecule has 0 aliphatic rings. The number of nitrogens with zero attached hydrogens (tertiary/aromatic N) is 1. The van der Waals surface area contributed by atoms with Crippen LogP contribution in [0, 0.1) is 23.7 Å². The number of amides is 1. The fourth-order valence-corrected chi connectivity index (χ4v) is 4.47. The Kier molecular flexibility index (Phi) is 8.76. The first-order chi connectivity index (χ1) is 12.6. The van der Waals surface area contributed by atoms with Crippen molar-refractivity contribution in [1.29, 1.82) is 0 Å². The zero-order chi connectivity index (χ0) is 20.6. The standard InChI is InChI=1S/C19H28N2O5S/c1-6-7-12-26-16-8-10-17(11-9-16)27(24,25)21(13-14(2)3)18(15(4)5)19(22)20-23/h8-11,14-15,18,23H,12-13H2,1-5H3,(H,20,22). The lowest BCUT2D eigenvalue weighted by Gasteiger charge is -2.33. The maximum Gasteiger partial charge on any atom is 0.262 e. The maximum absolute atomic E-state index is 13.2. The third-order valence-corrected chi connectivity index (χ3v) is 5.65. The summed E-state index contributed by atoms with van der Waals surface area (Å²) in [6, 6.07) is 4.94. The van der Waals surface area contributed by atoms with Crippen LogP contribution in [0.5, 0.6) is 5.75 Å². The van der Waals surface area contributed by atoms with Crippen LogP contribution in [-0.2, 0) is 14.8 Å². The molecule has 0 saturated carbocycles. The Morgan fingerprint density at radius 1 is 1.22 bits per heavy atom. The van der Waals surface area contributed by atoms with Crippen LogP contribution >= 0.6 is 0 Å². The predicted octanol–water partition coefficient (Wildman–Crippen LogP) is 2.27. The van der Waals surface area contributed by atoms with Gasteiger partial charge in [-0.15, -0.1) is 5.92 Å². The molecule has 0 bridgehead atoms. The van der Waals surface area contributed by atoms with Crippen molar-refractivity contribution in [2.75, 3.05) is 13.2 Å². The molecule has 1 unspecified atom stereocenters. The van der Waals surface area contributed by atoms with Gasteiger partial charge in [0.15, 0.2) is 0 Å². The highest BCUT2D eigenvalue weighted by Gasteiger charge is 2.38. The molecule has 0 aromatic heterocycles. The van der Waals surface area contributed by atoms with E-state index in [2.05, 4.69) is 11.8 Å². The van der Waals surface area contributed by atoms with Gasteiger partial charge in [-0.25, -0.2) is 13.9 Å². The molecular formula is C19H28N2O5S. The first-order valence-corrected chi connectivity index (χ1v) is 10.2. The van der Waals surface area contributed by atoms with Gasteiger partial charge in [0.2, 0.25) is 10.0 Å². The molecule has 0 aliphatic heterocycles. The van der Waals surface area contributed by atoms with Crippen LogP contribution in [0.15, 0.2) is 29.2 Å². The van der Waals surface area contributed by atoms with Crippen LogP contribution in [0.4, 0.5) is 0 Å². The molecule has 1 aromatic carbocycles. The Bertz CT molecular complexity index is 777. The number of hydrogen-bond acceptors (Lipinski definition) is 5. The van der Waals surface area contributed by atoms with Crippen molar-refractivity contribution in [3.8, 4) is 17.6 Å². The highest BCUT2D eigenvalue weighted by Crippen LogP contribution is 2.25. The van der Waals surface area contributed by atoms with Crippen molar-refractivity contribution >= 4 is 15.9 Å². The number of nitrogens with one attached hydrogen (secondary N) is 1. The highest BCUT2D eigenvalue weighted by molar-refractivity contribution is 7.89. The van der Waals surface area contributed by atoms with Gasteiger partial charge < -0.3 is 4.74 Å². The number of ether oxygens (including phenoxy) is 1. The first kappa shape index (κ1) is 23.0. The summed E-state index contributed by atoms with van der Waals surface area (Å²) in [5.41, 5.74) is 1.58. The molecule has 0 heterocycles. The van der Waals surface area contributed by atoms with E-state index >= 15 is 0 Å². The van der Waals surface area contributed by atoms with E-state index in [0.29, 0.717) is 5.75 Å². The number of carbonyl (C=O) groups is 1. The third kappa shape index (κ3) is 6.24. The zero-order valence-electron chi connectivity index (χ0n) is 16.4. The molecule has 27 heavy (non-hydrogen) atoms. The molecule has 1 rings (SSSR count). The second-order valence-corrected chi connectivity index (χ2v) is 8.71. The molecule has 0 radical (unpaired) electrons. The summed E-state index contributed by atoms with van der Waals surface area (Å²) in [6.07, 6.45) is 0. The average Bonchev–Trinajstić information content (AvgIpc) is 2.61. The van der Waals surface area contributed by atoms with Crippen LogP contribution in [0.25, 0.3) is 0 Å². The topological polar surface area (TPSA) is 95.9 Å². The van der Waals surface area contributed by atoms with Crippen LogP contribution in [0.2, 0.25) is 0 Å². The normalized spacial score (nSPS) is 12.6. The number of hydroxylamine groups is 1. The molecule has 0 aliphatic carbocycles. The van der Waals surface area contributed by atoms with E-state index in [1.54, 1.807) is 38.4 Å². The van der Waals surface area contributed by atoms with Gasteiger partial charge in [0.05, 0.1) is 4.90 Å². The average molecular weight is 397 g/mol. The Labute approximate surface area is 161 Å². The monoisotopic (exact) mass is 396 g/mol. The van der Waals surface area contributed by atoms with Gasteiger partial charge in [-0.3, -0.25) is 10.0 Å². The van der Waals surface area contributed by atoms with E-state index in [0.717, 1.165) is 4.31 Å². The Morgan fingerprint density at radius 3 is 2.26 bits per heavy atom. The van der Waals surface area contributed by atoms with E-state index in [9.17, 15) is 13.2 Å². The minimum atomic E-state index is -3.96. The molecule has 150 valence electrons. The molecule has 1 aromatic rings. The highest BCUT2D eigenvalue weighted by atomic mass is 32.2. The van der Waals surface area contributed by atoms with Crippen molar-refractivity contribution in [1.82, 2.24) is 9.79 Å². The van der Waals surface area contributed by atoms with Crippen LogP contribution in [0.3, 0.4) is 0 Å². The van der Waals surface area contributed by atoms with Gasteiger partial charge in [-0.05, 0) is 43.0 Å². The summed E-state index contributed by atoms with van der Waals surface area (Å²) in [6.45, 7) is 9.25. The second-order valence-electron chi connectivity index (χ2n) is 6.82. The Morgan fingerprint density at radius 2 is 1.81 bits per heavy atom. The zero-order valence-corrected chi connectivity index (χ0v) is 17.2. The minimum Gasteiger partial charge on any atom is -0.481 e. The number of benzene rings is 1. The fraction of sp³-hybridized carbons (Fsp3) is 0.526. The summed E-state index contributed by atoms with van der Waals surface area (Å²) >= 11 is 0. The smallest absolute Gasteiger partial charge is 0.262 e. The minimum absolute atomic E-state index is 0.0113. The van der Waals surface area contributed by atoms with Crippen molar-refractivity contribution in [3.05, 3.63) is 24.3 Å². The van der Waals surface area contributed by atoms with E-state index in [1.165, 1.54) is 12.1 Å². The van der Waals surface area contributed by atoms with Crippen molar-refractivity contribution in [2.45, 2.75) is 45.6 Å². The van der Waals surface area contributed by atoms with Gasteiger partial charge in [-0.1, -0.05) is 33.6 Å². The summed E-state index contributed by atoms with van der Waals surface area (Å²) in [5.74, 6) is 4.87. The number of rotatable bonds is 9. The number of hydrogen-bond donors (Lipinski definition) is 2. The van der Waals surface area contributed by atoms with Crippen LogP contribution < -0.4 is 10.2 Å². The van der Waals surface area contributed by atoms with Crippen molar-refractivity contribution in [3.63, 3.8) is 0 Å².